The van der Waals surface area contributed by atoms with Gasteiger partial charge in [-0.25, -0.2) is 4.39 Å². The second-order valence-electron chi connectivity index (χ2n) is 6.61. The van der Waals surface area contributed by atoms with Crippen molar-refractivity contribution in [3.8, 4) is 0 Å². The number of hydrogen-bond donors (Lipinski definition) is 2. The molecule has 3 rings (SSSR count). The molecule has 2 aliphatic rings. The molecule has 1 aromatic carbocycles. The van der Waals surface area contributed by atoms with Crippen LogP contribution in [0.3, 0.4) is 0 Å². The van der Waals surface area contributed by atoms with Crippen LogP contribution in [0.1, 0.15) is 50.1 Å². The lowest BCUT2D eigenvalue weighted by atomic mass is 9.91. The van der Waals surface area contributed by atoms with Crippen LogP contribution in [0.15, 0.2) is 24.3 Å². The monoisotopic (exact) mass is 356 g/mol. The highest BCUT2D eigenvalue weighted by molar-refractivity contribution is 5.85. The van der Waals surface area contributed by atoms with Gasteiger partial charge < -0.3 is 15.8 Å². The van der Waals surface area contributed by atoms with Gasteiger partial charge in [0.1, 0.15) is 11.9 Å². The number of nitrogens with one attached hydrogen (secondary N) is 1. The highest BCUT2D eigenvalue weighted by atomic mass is 35.5. The number of hydrogen-bond acceptors (Lipinski definition) is 3. The van der Waals surface area contributed by atoms with Gasteiger partial charge in [-0.2, -0.15) is 0 Å². The first-order valence-electron chi connectivity index (χ1n) is 8.59. The highest BCUT2D eigenvalue weighted by Crippen LogP contribution is 2.37. The predicted octanol–water partition coefficient (Wildman–Crippen LogP) is 3.10. The van der Waals surface area contributed by atoms with Crippen LogP contribution in [-0.4, -0.2) is 24.7 Å². The third-order valence-electron chi connectivity index (χ3n) is 5.07. The summed E-state index contributed by atoms with van der Waals surface area (Å²) in [5, 5.41) is 3.06. The van der Waals surface area contributed by atoms with E-state index in [-0.39, 0.29) is 36.3 Å². The van der Waals surface area contributed by atoms with Crippen LogP contribution in [0.25, 0.3) is 0 Å². The van der Waals surface area contributed by atoms with Crippen molar-refractivity contribution in [1.82, 2.24) is 5.32 Å². The third kappa shape index (κ3) is 4.26. The van der Waals surface area contributed by atoms with Gasteiger partial charge in [-0.15, -0.1) is 12.4 Å². The fraction of sp³-hybridized carbons (Fsp3) is 0.611. The summed E-state index contributed by atoms with van der Waals surface area (Å²) in [6.07, 6.45) is 5.32. The van der Waals surface area contributed by atoms with Crippen LogP contribution >= 0.6 is 12.4 Å². The molecule has 1 saturated carbocycles. The molecule has 0 aromatic heterocycles. The van der Waals surface area contributed by atoms with Crippen LogP contribution < -0.4 is 11.1 Å². The topological polar surface area (TPSA) is 64.4 Å². The van der Waals surface area contributed by atoms with Crippen molar-refractivity contribution in [3.05, 3.63) is 35.6 Å². The molecule has 0 spiro atoms. The predicted molar refractivity (Wildman–Crippen MR) is 93.4 cm³/mol. The Morgan fingerprint density at radius 2 is 1.96 bits per heavy atom. The van der Waals surface area contributed by atoms with Crippen molar-refractivity contribution in [2.45, 2.75) is 56.8 Å². The highest BCUT2D eigenvalue weighted by Gasteiger charge is 2.34. The molecule has 1 aromatic rings. The summed E-state index contributed by atoms with van der Waals surface area (Å²) in [5.41, 5.74) is 6.19. The molecule has 1 unspecified atom stereocenters. The summed E-state index contributed by atoms with van der Waals surface area (Å²) in [4.78, 5) is 12.6. The Morgan fingerprint density at radius 1 is 1.25 bits per heavy atom. The summed E-state index contributed by atoms with van der Waals surface area (Å²) < 4.78 is 19.9. The second kappa shape index (κ2) is 8.79. The molecular formula is C18H26ClFN2O2. The number of halogens is 2. The molecule has 1 aliphatic heterocycles. The zero-order chi connectivity index (χ0) is 16.2. The van der Waals surface area contributed by atoms with Crippen LogP contribution in [0.5, 0.6) is 0 Å². The number of carbonyl (C=O) groups is 1. The van der Waals surface area contributed by atoms with E-state index in [2.05, 4.69) is 5.32 Å². The van der Waals surface area contributed by atoms with Crippen LogP contribution in [0, 0.1) is 11.7 Å². The minimum absolute atomic E-state index is 0. The first-order valence-corrected chi connectivity index (χ1v) is 8.59. The van der Waals surface area contributed by atoms with E-state index in [0.717, 1.165) is 32.1 Å². The van der Waals surface area contributed by atoms with Crippen molar-refractivity contribution in [3.63, 3.8) is 0 Å². The Balaban J connectivity index is 0.00000208. The number of amides is 1. The molecule has 2 fully saturated rings. The van der Waals surface area contributed by atoms with E-state index in [1.165, 1.54) is 6.07 Å². The van der Waals surface area contributed by atoms with Crippen LogP contribution in [0.4, 0.5) is 4.39 Å². The van der Waals surface area contributed by atoms with Gasteiger partial charge in [-0.1, -0.05) is 31.0 Å². The van der Waals surface area contributed by atoms with Gasteiger partial charge in [0.05, 0.1) is 12.1 Å². The third-order valence-corrected chi connectivity index (χ3v) is 5.07. The summed E-state index contributed by atoms with van der Waals surface area (Å²) in [5.74, 6) is -0.0967. The van der Waals surface area contributed by atoms with Crippen molar-refractivity contribution in [1.29, 1.82) is 0 Å². The number of benzene rings is 1. The zero-order valence-electron chi connectivity index (χ0n) is 13.7. The van der Waals surface area contributed by atoms with E-state index in [4.69, 9.17) is 10.5 Å². The van der Waals surface area contributed by atoms with E-state index < -0.39 is 6.10 Å². The Hall–Kier alpha value is -1.17. The van der Waals surface area contributed by atoms with E-state index >= 15 is 0 Å². The minimum Gasteiger partial charge on any atom is -0.364 e. The van der Waals surface area contributed by atoms with Gasteiger partial charge >= 0.3 is 0 Å². The standard InChI is InChI=1S/C18H25FN2O2.ClH/c19-15-8-4-3-7-14(15)17(12-5-1-2-6-12)21-18(22)16-10-9-13(11-20)23-16;/h3-4,7-8,12-13,16-17H,1-2,5-6,9-11,20H2,(H,21,22);1H/t13-,16+,17?;/m1./s1. The first-order chi connectivity index (χ1) is 11.2. The van der Waals surface area contributed by atoms with Gasteiger partial charge in [0.15, 0.2) is 0 Å². The fourth-order valence-corrected chi connectivity index (χ4v) is 3.79. The van der Waals surface area contributed by atoms with Gasteiger partial charge in [-0.05, 0) is 37.7 Å². The quantitative estimate of drug-likeness (QED) is 0.852. The van der Waals surface area contributed by atoms with Crippen molar-refractivity contribution in [2.24, 2.45) is 11.7 Å². The molecule has 1 saturated heterocycles. The maximum atomic E-state index is 14.2. The lowest BCUT2D eigenvalue weighted by Crippen LogP contribution is -2.40. The zero-order valence-corrected chi connectivity index (χ0v) is 14.6. The Labute approximate surface area is 148 Å². The molecule has 6 heteroatoms. The van der Waals surface area contributed by atoms with E-state index in [9.17, 15) is 9.18 Å². The number of nitrogens with two attached hydrogens (primary N) is 1. The SMILES string of the molecule is Cl.NC[C@H]1CC[C@@H](C(=O)NC(c2ccccc2F)C2CCCC2)O1. The molecule has 3 N–H and O–H groups in total. The normalized spacial score (nSPS) is 25.2. The second-order valence-corrected chi connectivity index (χ2v) is 6.61. The van der Waals surface area contributed by atoms with Crippen molar-refractivity contribution < 1.29 is 13.9 Å². The van der Waals surface area contributed by atoms with Crippen molar-refractivity contribution >= 4 is 18.3 Å². The molecule has 3 atom stereocenters. The Morgan fingerprint density at radius 3 is 2.58 bits per heavy atom. The summed E-state index contributed by atoms with van der Waals surface area (Å²) in [6.45, 7) is 0.434. The molecule has 134 valence electrons. The van der Waals surface area contributed by atoms with Crippen molar-refractivity contribution in [2.75, 3.05) is 6.54 Å². The number of ether oxygens (including phenoxy) is 1. The lowest BCUT2D eigenvalue weighted by Gasteiger charge is -2.27. The van der Waals surface area contributed by atoms with Gasteiger partial charge in [-0.3, -0.25) is 4.79 Å². The molecule has 1 heterocycles. The van der Waals surface area contributed by atoms with E-state index in [1.54, 1.807) is 12.1 Å². The van der Waals surface area contributed by atoms with Gasteiger partial charge in [0, 0.05) is 12.1 Å². The fourth-order valence-electron chi connectivity index (χ4n) is 3.79. The molecule has 0 radical (unpaired) electrons. The molecule has 1 amide bonds. The van der Waals surface area contributed by atoms with Crippen LogP contribution in [0.2, 0.25) is 0 Å². The molecule has 4 nitrogen and oxygen atoms in total. The Bertz CT molecular complexity index is 552. The average molecular weight is 357 g/mol. The largest absolute Gasteiger partial charge is 0.364 e. The summed E-state index contributed by atoms with van der Waals surface area (Å²) in [7, 11) is 0. The number of rotatable bonds is 5. The summed E-state index contributed by atoms with van der Waals surface area (Å²) in [6, 6.07) is 6.46. The molecule has 24 heavy (non-hydrogen) atoms. The van der Waals surface area contributed by atoms with E-state index in [0.29, 0.717) is 24.4 Å². The van der Waals surface area contributed by atoms with Gasteiger partial charge in [0.2, 0.25) is 5.91 Å². The molecule has 1 aliphatic carbocycles. The van der Waals surface area contributed by atoms with Crippen LogP contribution in [-0.2, 0) is 9.53 Å². The average Bonchev–Trinajstić information content (AvgIpc) is 3.24. The first kappa shape index (κ1) is 19.2. The smallest absolute Gasteiger partial charge is 0.249 e. The molecule has 0 bridgehead atoms. The lowest BCUT2D eigenvalue weighted by molar-refractivity contribution is -0.133. The maximum Gasteiger partial charge on any atom is 0.249 e. The Kier molecular flexibility index (Phi) is 7.02. The minimum atomic E-state index is -0.459. The van der Waals surface area contributed by atoms with E-state index in [1.807, 2.05) is 6.07 Å². The number of carbonyl (C=O) groups excluding carboxylic acids is 1. The summed E-state index contributed by atoms with van der Waals surface area (Å²) >= 11 is 0. The maximum absolute atomic E-state index is 14.2. The van der Waals surface area contributed by atoms with Gasteiger partial charge in [0.25, 0.3) is 0 Å². The molecular weight excluding hydrogens is 331 g/mol.